The zero-order valence-corrected chi connectivity index (χ0v) is 10.3. The molecule has 0 unspecified atom stereocenters. The highest BCUT2D eigenvalue weighted by Gasteiger charge is 2.17. The second-order valence-electron chi connectivity index (χ2n) is 3.26. The number of nitro groups is 1. The van der Waals surface area contributed by atoms with E-state index in [2.05, 4.69) is 26.2 Å². The molecule has 0 aliphatic rings. The van der Waals surface area contributed by atoms with Crippen molar-refractivity contribution in [3.05, 3.63) is 27.0 Å². The second kappa shape index (κ2) is 5.02. The Kier molecular flexibility index (Phi) is 3.94. The standard InChI is InChI=1S/C9H10BrN3O3/c1-5(6(2)14)12-7-3-9(10)11-4-8(7)13(15)16/h3-5H,1-2H3,(H,11,12)/t5-/m0/s1. The topological polar surface area (TPSA) is 85.1 Å². The molecule has 0 saturated heterocycles. The number of hydrogen-bond donors (Lipinski definition) is 1. The van der Waals surface area contributed by atoms with Crippen molar-refractivity contribution < 1.29 is 9.72 Å². The number of nitrogens with one attached hydrogen (secondary N) is 1. The third-order valence-corrected chi connectivity index (χ3v) is 2.46. The van der Waals surface area contributed by atoms with E-state index in [-0.39, 0.29) is 17.2 Å². The predicted octanol–water partition coefficient (Wildman–Crippen LogP) is 2.14. The van der Waals surface area contributed by atoms with Gasteiger partial charge in [-0.2, -0.15) is 0 Å². The molecule has 16 heavy (non-hydrogen) atoms. The van der Waals surface area contributed by atoms with Gasteiger partial charge in [-0.25, -0.2) is 4.98 Å². The molecular formula is C9H10BrN3O3. The van der Waals surface area contributed by atoms with Crippen LogP contribution in [-0.4, -0.2) is 21.7 Å². The third-order valence-electron chi connectivity index (χ3n) is 2.03. The summed E-state index contributed by atoms with van der Waals surface area (Å²) in [5, 5.41) is 13.5. The molecule has 1 heterocycles. The van der Waals surface area contributed by atoms with Gasteiger partial charge in [-0.15, -0.1) is 0 Å². The molecule has 1 rings (SSSR count). The van der Waals surface area contributed by atoms with Crippen molar-refractivity contribution in [3.8, 4) is 0 Å². The van der Waals surface area contributed by atoms with E-state index in [1.54, 1.807) is 6.92 Å². The summed E-state index contributed by atoms with van der Waals surface area (Å²) in [6.07, 6.45) is 1.14. The molecule has 0 saturated carbocycles. The molecule has 0 aliphatic heterocycles. The van der Waals surface area contributed by atoms with Gasteiger partial charge in [0.25, 0.3) is 0 Å². The molecule has 0 amide bonds. The zero-order valence-electron chi connectivity index (χ0n) is 8.73. The van der Waals surface area contributed by atoms with Crippen LogP contribution < -0.4 is 5.32 Å². The number of ketones is 1. The Morgan fingerprint density at radius 1 is 1.69 bits per heavy atom. The van der Waals surface area contributed by atoms with Crippen molar-refractivity contribution in [2.75, 3.05) is 5.32 Å². The predicted molar refractivity (Wildman–Crippen MR) is 62.4 cm³/mol. The number of halogens is 1. The largest absolute Gasteiger partial charge is 0.370 e. The van der Waals surface area contributed by atoms with Crippen LogP contribution in [0, 0.1) is 10.1 Å². The lowest BCUT2D eigenvalue weighted by atomic mass is 10.2. The van der Waals surface area contributed by atoms with Gasteiger partial charge in [0, 0.05) is 6.07 Å². The molecule has 86 valence electrons. The SMILES string of the molecule is CC(=O)[C@H](C)Nc1cc(Br)ncc1[N+](=O)[O-]. The van der Waals surface area contributed by atoms with Gasteiger partial charge in [0.1, 0.15) is 16.5 Å². The van der Waals surface area contributed by atoms with Crippen LogP contribution in [0.25, 0.3) is 0 Å². The lowest BCUT2D eigenvalue weighted by molar-refractivity contribution is -0.384. The molecule has 6 nitrogen and oxygen atoms in total. The molecule has 1 aromatic rings. The summed E-state index contributed by atoms with van der Waals surface area (Å²) >= 11 is 3.11. The molecule has 1 atom stereocenters. The first-order chi connectivity index (χ1) is 7.41. The van der Waals surface area contributed by atoms with Gasteiger partial charge >= 0.3 is 5.69 Å². The van der Waals surface area contributed by atoms with E-state index in [1.807, 2.05) is 0 Å². The Balaban J connectivity index is 3.05. The normalized spacial score (nSPS) is 11.9. The number of carbonyl (C=O) groups is 1. The number of anilines is 1. The Morgan fingerprint density at radius 3 is 2.81 bits per heavy atom. The van der Waals surface area contributed by atoms with E-state index in [4.69, 9.17) is 0 Å². The van der Waals surface area contributed by atoms with Crippen molar-refractivity contribution in [2.45, 2.75) is 19.9 Å². The van der Waals surface area contributed by atoms with E-state index in [1.165, 1.54) is 13.0 Å². The minimum Gasteiger partial charge on any atom is -0.370 e. The van der Waals surface area contributed by atoms with Gasteiger partial charge in [-0.1, -0.05) is 0 Å². The van der Waals surface area contributed by atoms with Crippen molar-refractivity contribution >= 4 is 33.1 Å². The number of hydrogen-bond acceptors (Lipinski definition) is 5. The number of Topliss-reactive ketones (excluding diaryl/α,β-unsaturated/α-hetero) is 1. The summed E-state index contributed by atoms with van der Waals surface area (Å²) in [4.78, 5) is 25.0. The lowest BCUT2D eigenvalue weighted by Crippen LogP contribution is -2.23. The van der Waals surface area contributed by atoms with E-state index < -0.39 is 11.0 Å². The molecule has 1 aromatic heterocycles. The molecule has 0 bridgehead atoms. The summed E-state index contributed by atoms with van der Waals surface area (Å²) in [5.41, 5.74) is 0.117. The third kappa shape index (κ3) is 2.99. The van der Waals surface area contributed by atoms with Gasteiger partial charge in [0.2, 0.25) is 0 Å². The van der Waals surface area contributed by atoms with Gasteiger partial charge in [-0.05, 0) is 29.8 Å². The van der Waals surface area contributed by atoms with Crippen molar-refractivity contribution in [1.29, 1.82) is 0 Å². The van der Waals surface area contributed by atoms with Gasteiger partial charge in [0.15, 0.2) is 5.78 Å². The van der Waals surface area contributed by atoms with E-state index in [0.717, 1.165) is 6.20 Å². The summed E-state index contributed by atoms with van der Waals surface area (Å²) in [6.45, 7) is 3.06. The van der Waals surface area contributed by atoms with Crippen LogP contribution in [0.15, 0.2) is 16.9 Å². The van der Waals surface area contributed by atoms with Crippen LogP contribution in [0.4, 0.5) is 11.4 Å². The smallest absolute Gasteiger partial charge is 0.310 e. The van der Waals surface area contributed by atoms with Crippen LogP contribution in [0.2, 0.25) is 0 Å². The number of carbonyl (C=O) groups excluding carboxylic acids is 1. The number of aromatic nitrogens is 1. The summed E-state index contributed by atoms with van der Waals surface area (Å²) in [6, 6.07) is 0.991. The van der Waals surface area contributed by atoms with E-state index >= 15 is 0 Å². The zero-order chi connectivity index (χ0) is 12.3. The van der Waals surface area contributed by atoms with E-state index in [0.29, 0.717) is 4.60 Å². The highest BCUT2D eigenvalue weighted by atomic mass is 79.9. The summed E-state index contributed by atoms with van der Waals surface area (Å²) < 4.78 is 0.469. The molecule has 0 spiro atoms. The summed E-state index contributed by atoms with van der Waals surface area (Å²) in [7, 11) is 0. The molecule has 0 radical (unpaired) electrons. The lowest BCUT2D eigenvalue weighted by Gasteiger charge is -2.11. The Morgan fingerprint density at radius 2 is 2.31 bits per heavy atom. The molecule has 0 fully saturated rings. The highest BCUT2D eigenvalue weighted by Crippen LogP contribution is 2.26. The minimum absolute atomic E-state index is 0.0952. The highest BCUT2D eigenvalue weighted by molar-refractivity contribution is 9.10. The first kappa shape index (κ1) is 12.6. The number of rotatable bonds is 4. The van der Waals surface area contributed by atoms with Crippen LogP contribution >= 0.6 is 15.9 Å². The molecule has 1 N–H and O–H groups in total. The molecular weight excluding hydrogens is 278 g/mol. The quantitative estimate of drug-likeness (QED) is 0.521. The second-order valence-corrected chi connectivity index (χ2v) is 4.07. The summed E-state index contributed by atoms with van der Waals surface area (Å²) in [5.74, 6) is -0.0952. The monoisotopic (exact) mass is 287 g/mol. The van der Waals surface area contributed by atoms with Gasteiger partial charge < -0.3 is 5.32 Å². The Hall–Kier alpha value is -1.50. The first-order valence-electron chi connectivity index (χ1n) is 4.48. The molecule has 0 aliphatic carbocycles. The van der Waals surface area contributed by atoms with Crippen LogP contribution in [0.5, 0.6) is 0 Å². The van der Waals surface area contributed by atoms with E-state index in [9.17, 15) is 14.9 Å². The van der Waals surface area contributed by atoms with Crippen LogP contribution in [-0.2, 0) is 4.79 Å². The first-order valence-corrected chi connectivity index (χ1v) is 5.28. The number of pyridine rings is 1. The molecule has 7 heteroatoms. The fourth-order valence-corrected chi connectivity index (χ4v) is 1.35. The van der Waals surface area contributed by atoms with Gasteiger partial charge in [-0.3, -0.25) is 14.9 Å². The fourth-order valence-electron chi connectivity index (χ4n) is 1.02. The van der Waals surface area contributed by atoms with Crippen LogP contribution in [0.3, 0.4) is 0 Å². The maximum Gasteiger partial charge on any atom is 0.310 e. The number of nitrogens with zero attached hydrogens (tertiary/aromatic N) is 2. The average molecular weight is 288 g/mol. The van der Waals surface area contributed by atoms with Crippen LogP contribution in [0.1, 0.15) is 13.8 Å². The minimum atomic E-state index is -0.547. The maximum absolute atomic E-state index is 11.1. The van der Waals surface area contributed by atoms with Gasteiger partial charge in [0.05, 0.1) is 11.0 Å². The van der Waals surface area contributed by atoms with Crippen molar-refractivity contribution in [2.24, 2.45) is 0 Å². The maximum atomic E-state index is 11.1. The van der Waals surface area contributed by atoms with Crippen molar-refractivity contribution in [1.82, 2.24) is 4.98 Å². The average Bonchev–Trinajstić information content (AvgIpc) is 2.16. The fraction of sp³-hybridized carbons (Fsp3) is 0.333. The Labute approximate surface area is 100 Å². The van der Waals surface area contributed by atoms with Crippen molar-refractivity contribution in [3.63, 3.8) is 0 Å². The molecule has 0 aromatic carbocycles. The Bertz CT molecular complexity index is 436.